The molecule has 8 heavy (non-hydrogen) atoms. The monoisotopic (exact) mass is 124 g/mol. The molecule has 0 spiro atoms. The minimum atomic E-state index is -0.734. The molecule has 5 heteroatoms. The van der Waals surface area contributed by atoms with Gasteiger partial charge in [0.1, 0.15) is 0 Å². The molecule has 0 atom stereocenters. The molecular weight excluding hydrogens is 119 g/mol. The average molecular weight is 124 g/mol. The Kier molecular flexibility index (Phi) is 9.03. The zero-order valence-electron chi connectivity index (χ0n) is 3.76. The third-order valence-electron chi connectivity index (χ3n) is 0.343. The van der Waals surface area contributed by atoms with Crippen molar-refractivity contribution in [3.63, 3.8) is 0 Å². The van der Waals surface area contributed by atoms with Gasteiger partial charge in [-0.1, -0.05) is 0 Å². The van der Waals surface area contributed by atoms with Gasteiger partial charge < -0.3 is 4.74 Å². The van der Waals surface area contributed by atoms with E-state index in [-0.39, 0.29) is 29.6 Å². The standard InChI is InChI=1S/C3H4N2O2.Na.H/c1-7-3(6)5-2-4;;/h1H3,(H,5,6);;. The van der Waals surface area contributed by atoms with Crippen LogP contribution in [0.1, 0.15) is 0 Å². The molecule has 0 saturated carbocycles. The number of hydrogen-bond donors (Lipinski definition) is 1. The molecule has 0 radical (unpaired) electrons. The van der Waals surface area contributed by atoms with E-state index in [0.29, 0.717) is 0 Å². The molecule has 0 unspecified atom stereocenters. The number of alkyl carbamates (subject to hydrolysis) is 1. The molecule has 40 valence electrons. The molecular formula is C3H5N2NaO2. The quantitative estimate of drug-likeness (QED) is 0.260. The van der Waals surface area contributed by atoms with E-state index in [1.165, 1.54) is 13.3 Å². The van der Waals surface area contributed by atoms with Gasteiger partial charge in [0.2, 0.25) is 0 Å². The number of nitrogens with zero attached hydrogens (tertiary/aromatic N) is 1. The summed E-state index contributed by atoms with van der Waals surface area (Å²) in [6.45, 7) is 0. The van der Waals surface area contributed by atoms with Crippen LogP contribution in [0.15, 0.2) is 0 Å². The first-order valence-electron chi connectivity index (χ1n) is 1.54. The van der Waals surface area contributed by atoms with Crippen molar-refractivity contribution in [2.45, 2.75) is 0 Å². The summed E-state index contributed by atoms with van der Waals surface area (Å²) in [6, 6.07) is 0. The molecule has 1 N–H and O–H groups in total. The molecule has 0 rings (SSSR count). The molecule has 4 nitrogen and oxygen atoms in total. The van der Waals surface area contributed by atoms with Gasteiger partial charge in [0.25, 0.3) is 0 Å². The zero-order chi connectivity index (χ0) is 5.70. The van der Waals surface area contributed by atoms with Gasteiger partial charge in [0.05, 0.1) is 7.11 Å². The summed E-state index contributed by atoms with van der Waals surface area (Å²) in [6.07, 6.45) is 0.660. The molecule has 0 aliphatic heterocycles. The number of carbonyl (C=O) groups excluding carboxylic acids is 1. The van der Waals surface area contributed by atoms with Crippen LogP contribution >= 0.6 is 0 Å². The number of amides is 1. The Bertz CT molecular complexity index is 108. The molecule has 0 aromatic heterocycles. The summed E-state index contributed by atoms with van der Waals surface area (Å²) >= 11 is 0. The molecule has 0 saturated heterocycles. The van der Waals surface area contributed by atoms with Crippen LogP contribution in [0.2, 0.25) is 0 Å². The van der Waals surface area contributed by atoms with E-state index < -0.39 is 6.09 Å². The normalized spacial score (nSPS) is 5.50. The maximum atomic E-state index is 9.86. The van der Waals surface area contributed by atoms with Crippen molar-refractivity contribution in [2.24, 2.45) is 0 Å². The van der Waals surface area contributed by atoms with Gasteiger partial charge >= 0.3 is 35.7 Å². The first kappa shape index (κ1) is 10.7. The second kappa shape index (κ2) is 6.76. The second-order valence-electron chi connectivity index (χ2n) is 0.728. The molecule has 0 heterocycles. The zero-order valence-corrected chi connectivity index (χ0v) is 3.76. The number of nitriles is 1. The molecule has 0 aliphatic rings. The van der Waals surface area contributed by atoms with Gasteiger partial charge in [-0.25, -0.2) is 10.1 Å². The van der Waals surface area contributed by atoms with Crippen LogP contribution in [0.4, 0.5) is 4.79 Å². The number of hydrogen-bond acceptors (Lipinski definition) is 3. The van der Waals surface area contributed by atoms with Crippen LogP contribution in [0.25, 0.3) is 0 Å². The summed E-state index contributed by atoms with van der Waals surface area (Å²) in [7, 11) is 1.19. The van der Waals surface area contributed by atoms with Gasteiger partial charge in [-0.05, 0) is 0 Å². The Morgan fingerprint density at radius 1 is 1.88 bits per heavy atom. The predicted molar refractivity (Wildman–Crippen MR) is 28.3 cm³/mol. The first-order chi connectivity index (χ1) is 3.31. The van der Waals surface area contributed by atoms with E-state index >= 15 is 0 Å². The number of nitrogens with one attached hydrogen (secondary N) is 1. The van der Waals surface area contributed by atoms with Crippen molar-refractivity contribution in [1.29, 1.82) is 5.26 Å². The van der Waals surface area contributed by atoms with E-state index in [0.717, 1.165) is 0 Å². The Morgan fingerprint density at radius 2 is 2.38 bits per heavy atom. The topological polar surface area (TPSA) is 62.1 Å². The Hall–Kier alpha value is -0.240. The fourth-order valence-corrected chi connectivity index (χ4v) is 0.0967. The number of ether oxygens (including phenoxy) is 1. The van der Waals surface area contributed by atoms with Crippen molar-refractivity contribution in [2.75, 3.05) is 7.11 Å². The summed E-state index contributed by atoms with van der Waals surface area (Å²) in [5, 5.41) is 9.45. The maximum absolute atomic E-state index is 9.86. The fourth-order valence-electron chi connectivity index (χ4n) is 0.0967. The minimum absolute atomic E-state index is 0. The van der Waals surface area contributed by atoms with Crippen molar-refractivity contribution in [3.8, 4) is 6.19 Å². The third kappa shape index (κ3) is 5.76. The number of methoxy groups -OCH3 is 1. The summed E-state index contributed by atoms with van der Waals surface area (Å²) in [5.74, 6) is 0. The van der Waals surface area contributed by atoms with Crippen LogP contribution < -0.4 is 5.32 Å². The van der Waals surface area contributed by atoms with Gasteiger partial charge in [0, 0.05) is 0 Å². The van der Waals surface area contributed by atoms with Crippen LogP contribution in [0, 0.1) is 11.5 Å². The first-order valence-corrected chi connectivity index (χ1v) is 1.54. The summed E-state index contributed by atoms with van der Waals surface area (Å²) < 4.78 is 4.02. The van der Waals surface area contributed by atoms with E-state index in [4.69, 9.17) is 5.26 Å². The Labute approximate surface area is 69.1 Å². The second-order valence-corrected chi connectivity index (χ2v) is 0.728. The Morgan fingerprint density at radius 3 is 2.50 bits per heavy atom. The van der Waals surface area contributed by atoms with Crippen molar-refractivity contribution in [3.05, 3.63) is 0 Å². The van der Waals surface area contributed by atoms with Crippen molar-refractivity contribution < 1.29 is 9.53 Å². The van der Waals surface area contributed by atoms with E-state index in [1.54, 1.807) is 5.32 Å². The summed E-state index contributed by atoms with van der Waals surface area (Å²) in [4.78, 5) is 9.86. The van der Waals surface area contributed by atoms with Gasteiger partial charge in [0.15, 0.2) is 6.19 Å². The molecule has 0 aromatic rings. The van der Waals surface area contributed by atoms with Crippen LogP contribution in [0.5, 0.6) is 0 Å². The number of rotatable bonds is 0. The molecule has 0 aromatic carbocycles. The van der Waals surface area contributed by atoms with Crippen molar-refractivity contribution in [1.82, 2.24) is 5.32 Å². The fraction of sp³-hybridized carbons (Fsp3) is 0.333. The SMILES string of the molecule is COC(=O)NC#N.[NaH]. The van der Waals surface area contributed by atoms with Gasteiger partial charge in [-0.15, -0.1) is 0 Å². The molecule has 0 fully saturated rings. The average Bonchev–Trinajstić information content (AvgIpc) is 1.68. The third-order valence-corrected chi connectivity index (χ3v) is 0.343. The van der Waals surface area contributed by atoms with E-state index in [9.17, 15) is 4.79 Å². The Balaban J connectivity index is 0. The van der Waals surface area contributed by atoms with Crippen molar-refractivity contribution >= 4 is 35.7 Å². The molecule has 0 bridgehead atoms. The predicted octanol–water partition coefficient (Wildman–Crippen LogP) is -0.825. The molecule has 0 aliphatic carbocycles. The van der Waals surface area contributed by atoms with Gasteiger partial charge in [-0.3, -0.25) is 0 Å². The van der Waals surface area contributed by atoms with E-state index in [1.807, 2.05) is 0 Å². The van der Waals surface area contributed by atoms with Gasteiger partial charge in [-0.2, -0.15) is 5.26 Å². The van der Waals surface area contributed by atoms with Crippen LogP contribution in [-0.2, 0) is 4.74 Å². The van der Waals surface area contributed by atoms with Crippen LogP contribution in [-0.4, -0.2) is 42.8 Å². The molecule has 1 amide bonds. The number of carbonyl (C=O) groups is 1. The van der Waals surface area contributed by atoms with Crippen LogP contribution in [0.3, 0.4) is 0 Å². The van der Waals surface area contributed by atoms with E-state index in [2.05, 4.69) is 4.74 Å². The summed E-state index contributed by atoms with van der Waals surface area (Å²) in [5.41, 5.74) is 0.